The fourth-order valence-electron chi connectivity index (χ4n) is 2.35. The number of halogens is 2. The minimum absolute atomic E-state index is 0. The van der Waals surface area contributed by atoms with Gasteiger partial charge in [0, 0.05) is 26.7 Å². The highest BCUT2D eigenvalue weighted by molar-refractivity contribution is 14.0. The molecular formula is C18H29FIN3O2. The predicted molar refractivity (Wildman–Crippen MR) is 109 cm³/mol. The zero-order valence-corrected chi connectivity index (χ0v) is 17.3. The fraction of sp³-hybridized carbons (Fsp3) is 0.611. The normalized spacial score (nSPS) is 15.4. The third-order valence-electron chi connectivity index (χ3n) is 3.82. The van der Waals surface area contributed by atoms with Crippen molar-refractivity contribution >= 4 is 29.9 Å². The van der Waals surface area contributed by atoms with Crippen molar-refractivity contribution < 1.29 is 14.2 Å². The van der Waals surface area contributed by atoms with Crippen LogP contribution in [0.25, 0.3) is 0 Å². The lowest BCUT2D eigenvalue weighted by atomic mass is 10.2. The smallest absolute Gasteiger partial charge is 0.194 e. The van der Waals surface area contributed by atoms with Gasteiger partial charge in [0.25, 0.3) is 0 Å². The molecule has 1 aliphatic rings. The second kappa shape index (κ2) is 11.6. The Kier molecular flexibility index (Phi) is 10.3. The van der Waals surface area contributed by atoms with E-state index in [0.717, 1.165) is 18.7 Å². The van der Waals surface area contributed by atoms with Crippen molar-refractivity contribution in [2.75, 3.05) is 33.4 Å². The van der Waals surface area contributed by atoms with Crippen LogP contribution in [-0.2, 0) is 11.3 Å². The van der Waals surface area contributed by atoms with Crippen LogP contribution in [0.1, 0.15) is 25.3 Å². The molecular weight excluding hydrogens is 436 g/mol. The van der Waals surface area contributed by atoms with Crippen molar-refractivity contribution in [3.63, 3.8) is 0 Å². The predicted octanol–water partition coefficient (Wildman–Crippen LogP) is 2.63. The summed E-state index contributed by atoms with van der Waals surface area (Å²) in [6.45, 7) is 4.58. The van der Waals surface area contributed by atoms with Gasteiger partial charge < -0.3 is 20.1 Å². The van der Waals surface area contributed by atoms with Gasteiger partial charge in [0.1, 0.15) is 5.82 Å². The van der Waals surface area contributed by atoms with E-state index in [-0.39, 0.29) is 36.3 Å². The van der Waals surface area contributed by atoms with Gasteiger partial charge in [-0.05, 0) is 43.4 Å². The lowest BCUT2D eigenvalue weighted by Gasteiger charge is -2.22. The molecule has 2 N–H and O–H groups in total. The molecule has 142 valence electrons. The summed E-state index contributed by atoms with van der Waals surface area (Å²) >= 11 is 0. The highest BCUT2D eigenvalue weighted by atomic mass is 127. The number of nitrogens with zero attached hydrogens (tertiary/aromatic N) is 2. The van der Waals surface area contributed by atoms with E-state index < -0.39 is 6.10 Å². The van der Waals surface area contributed by atoms with E-state index in [1.165, 1.54) is 25.0 Å². The molecule has 1 aromatic rings. The van der Waals surface area contributed by atoms with E-state index in [0.29, 0.717) is 25.0 Å². The van der Waals surface area contributed by atoms with Gasteiger partial charge in [0.05, 0.1) is 19.3 Å². The first kappa shape index (κ1) is 22.1. The molecule has 0 aliphatic heterocycles. The molecule has 0 amide bonds. The Labute approximate surface area is 166 Å². The van der Waals surface area contributed by atoms with Gasteiger partial charge >= 0.3 is 0 Å². The van der Waals surface area contributed by atoms with Crippen molar-refractivity contribution in [3.8, 4) is 0 Å². The fourth-order valence-corrected chi connectivity index (χ4v) is 2.35. The Morgan fingerprint density at radius 1 is 1.48 bits per heavy atom. The molecule has 2 rings (SSSR count). The zero-order chi connectivity index (χ0) is 17.4. The molecule has 0 spiro atoms. The molecule has 1 fully saturated rings. The van der Waals surface area contributed by atoms with Crippen LogP contribution in [0.15, 0.2) is 29.3 Å². The topological polar surface area (TPSA) is 57.1 Å². The molecule has 0 radical (unpaired) electrons. The van der Waals surface area contributed by atoms with Crippen LogP contribution in [0, 0.1) is 11.7 Å². The Morgan fingerprint density at radius 3 is 2.88 bits per heavy atom. The standard InChI is InChI=1S/C18H28FN3O2.HI/c1-3-20-18(21-10-17(23)13-24-12-14-7-8-14)22(2)11-15-5-4-6-16(19)9-15;/h4-6,9,14,17,23H,3,7-8,10-13H2,1-2H3,(H,20,21);1H. The second-order valence-electron chi connectivity index (χ2n) is 6.32. The van der Waals surface area contributed by atoms with Crippen LogP contribution in [0.4, 0.5) is 4.39 Å². The van der Waals surface area contributed by atoms with Gasteiger partial charge in [-0.2, -0.15) is 0 Å². The lowest BCUT2D eigenvalue weighted by Crippen LogP contribution is -2.39. The largest absolute Gasteiger partial charge is 0.389 e. The van der Waals surface area contributed by atoms with E-state index >= 15 is 0 Å². The number of hydrogen-bond donors (Lipinski definition) is 2. The first-order valence-corrected chi connectivity index (χ1v) is 8.58. The Bertz CT molecular complexity index is 541. The first-order chi connectivity index (χ1) is 11.6. The summed E-state index contributed by atoms with van der Waals surface area (Å²) in [5, 5.41) is 13.2. The third-order valence-corrected chi connectivity index (χ3v) is 3.82. The number of aliphatic hydroxyl groups excluding tert-OH is 1. The van der Waals surface area contributed by atoms with Crippen LogP contribution in [0.5, 0.6) is 0 Å². The maximum atomic E-state index is 13.3. The van der Waals surface area contributed by atoms with Crippen molar-refractivity contribution in [1.29, 1.82) is 0 Å². The van der Waals surface area contributed by atoms with Crippen molar-refractivity contribution in [1.82, 2.24) is 10.2 Å². The SMILES string of the molecule is CCNC(=NCC(O)COCC1CC1)N(C)Cc1cccc(F)c1.I. The summed E-state index contributed by atoms with van der Waals surface area (Å²) < 4.78 is 18.8. The maximum Gasteiger partial charge on any atom is 0.194 e. The van der Waals surface area contributed by atoms with Crippen LogP contribution in [0.3, 0.4) is 0 Å². The summed E-state index contributed by atoms with van der Waals surface area (Å²) in [6, 6.07) is 6.52. The van der Waals surface area contributed by atoms with Crippen molar-refractivity contribution in [3.05, 3.63) is 35.6 Å². The van der Waals surface area contributed by atoms with Crippen LogP contribution in [0.2, 0.25) is 0 Å². The maximum absolute atomic E-state index is 13.3. The molecule has 1 unspecified atom stereocenters. The number of nitrogens with one attached hydrogen (secondary N) is 1. The third kappa shape index (κ3) is 8.82. The Balaban J connectivity index is 0.00000312. The summed E-state index contributed by atoms with van der Waals surface area (Å²) in [6.07, 6.45) is 1.87. The van der Waals surface area contributed by atoms with Crippen molar-refractivity contribution in [2.45, 2.75) is 32.4 Å². The molecule has 0 heterocycles. The Morgan fingerprint density at radius 2 is 2.24 bits per heavy atom. The molecule has 7 heteroatoms. The van der Waals surface area contributed by atoms with Crippen LogP contribution >= 0.6 is 24.0 Å². The average Bonchev–Trinajstić information content (AvgIpc) is 3.35. The minimum atomic E-state index is -0.611. The van der Waals surface area contributed by atoms with Crippen molar-refractivity contribution in [2.24, 2.45) is 10.9 Å². The van der Waals surface area contributed by atoms with E-state index in [9.17, 15) is 9.50 Å². The van der Waals surface area contributed by atoms with Gasteiger partial charge in [-0.1, -0.05) is 12.1 Å². The molecule has 0 aromatic heterocycles. The number of hydrogen-bond acceptors (Lipinski definition) is 3. The van der Waals surface area contributed by atoms with E-state index in [2.05, 4.69) is 10.3 Å². The number of rotatable bonds is 9. The van der Waals surface area contributed by atoms with Gasteiger partial charge in [0.15, 0.2) is 5.96 Å². The van der Waals surface area contributed by atoms with Crippen LogP contribution in [-0.4, -0.2) is 55.4 Å². The summed E-state index contributed by atoms with van der Waals surface area (Å²) in [5.74, 6) is 1.13. The molecule has 1 saturated carbocycles. The Hall–Kier alpha value is -0.930. The monoisotopic (exact) mass is 465 g/mol. The van der Waals surface area contributed by atoms with E-state index in [1.54, 1.807) is 6.07 Å². The highest BCUT2D eigenvalue weighted by Gasteiger charge is 2.21. The number of benzene rings is 1. The highest BCUT2D eigenvalue weighted by Crippen LogP contribution is 2.28. The van der Waals surface area contributed by atoms with Crippen LogP contribution < -0.4 is 5.32 Å². The van der Waals surface area contributed by atoms with Gasteiger partial charge in [-0.3, -0.25) is 4.99 Å². The van der Waals surface area contributed by atoms with Gasteiger partial charge in [0.2, 0.25) is 0 Å². The molecule has 25 heavy (non-hydrogen) atoms. The molecule has 1 atom stereocenters. The number of guanidine groups is 1. The molecule has 0 saturated heterocycles. The lowest BCUT2D eigenvalue weighted by molar-refractivity contribution is 0.0367. The summed E-state index contributed by atoms with van der Waals surface area (Å²) in [4.78, 5) is 6.37. The van der Waals surface area contributed by atoms with E-state index in [4.69, 9.17) is 4.74 Å². The molecule has 1 aliphatic carbocycles. The van der Waals surface area contributed by atoms with Gasteiger partial charge in [-0.25, -0.2) is 4.39 Å². The molecule has 1 aromatic carbocycles. The molecule has 5 nitrogen and oxygen atoms in total. The zero-order valence-electron chi connectivity index (χ0n) is 14.9. The first-order valence-electron chi connectivity index (χ1n) is 8.58. The van der Waals surface area contributed by atoms with E-state index in [1.807, 2.05) is 24.9 Å². The number of ether oxygens (including phenoxy) is 1. The summed E-state index contributed by atoms with van der Waals surface area (Å²) in [7, 11) is 1.89. The average molecular weight is 465 g/mol. The quantitative estimate of drug-likeness (QED) is 0.335. The number of aliphatic hydroxyl groups is 1. The minimum Gasteiger partial charge on any atom is -0.389 e. The summed E-state index contributed by atoms with van der Waals surface area (Å²) in [5.41, 5.74) is 0.872. The second-order valence-corrected chi connectivity index (χ2v) is 6.32. The molecule has 0 bridgehead atoms. The number of aliphatic imine (C=N–C) groups is 1. The van der Waals surface area contributed by atoms with Gasteiger partial charge in [-0.15, -0.1) is 24.0 Å².